The molecule has 0 bridgehead atoms. The van der Waals surface area contributed by atoms with E-state index in [9.17, 15) is 39.0 Å². The lowest BCUT2D eigenvalue weighted by atomic mass is 9.87. The van der Waals surface area contributed by atoms with Crippen LogP contribution in [0.25, 0.3) is 0 Å². The van der Waals surface area contributed by atoms with E-state index in [2.05, 4.69) is 0 Å². The maximum Gasteiger partial charge on any atom is 0.336 e. The van der Waals surface area contributed by atoms with Gasteiger partial charge < -0.3 is 40.9 Å². The van der Waals surface area contributed by atoms with E-state index >= 15 is 0 Å². The molecule has 0 aliphatic rings. The van der Waals surface area contributed by atoms with Gasteiger partial charge in [-0.05, 0) is 84.3 Å². The number of aromatic carboxylic acids is 5. The molecule has 0 aromatic heterocycles. The van der Waals surface area contributed by atoms with Crippen molar-refractivity contribution in [3.8, 4) is 11.5 Å². The van der Waals surface area contributed by atoms with Gasteiger partial charge in [-0.2, -0.15) is 0 Å². The summed E-state index contributed by atoms with van der Waals surface area (Å²) in [6.45, 7) is 0. The number of aromatic hydroxyl groups is 2. The van der Waals surface area contributed by atoms with Crippen molar-refractivity contribution in [2.75, 3.05) is 0 Å². The Morgan fingerprint density at radius 3 is 1.13 bits per heavy atom. The van der Waals surface area contributed by atoms with Crippen LogP contribution in [0, 0.1) is 0 Å². The van der Waals surface area contributed by atoms with Crippen molar-refractivity contribution in [3.05, 3.63) is 130 Å². The summed E-state index contributed by atoms with van der Waals surface area (Å²) in [6, 6.07) is 21.3. The largest absolute Gasteiger partial charge is 0.508 e. The first-order valence-corrected chi connectivity index (χ1v) is 13.3. The number of hydrogen-bond acceptors (Lipinski definition) is 8. The highest BCUT2D eigenvalue weighted by Gasteiger charge is 2.18. The van der Waals surface area contributed by atoms with E-state index in [1.165, 1.54) is 24.3 Å². The Morgan fingerprint density at radius 1 is 0.447 bits per heavy atom. The highest BCUT2D eigenvalue weighted by Crippen LogP contribution is 2.31. The molecule has 14 nitrogen and oxygen atoms in total. The molecule has 0 amide bonds. The summed E-state index contributed by atoms with van der Waals surface area (Å²) < 4.78 is 0. The highest BCUT2D eigenvalue weighted by atomic mass is 16.4. The van der Waals surface area contributed by atoms with Crippen LogP contribution in [-0.2, 0) is 4.79 Å². The van der Waals surface area contributed by atoms with Crippen LogP contribution in [0.1, 0.15) is 81.7 Å². The van der Waals surface area contributed by atoms with Crippen LogP contribution in [0.3, 0.4) is 0 Å². The minimum absolute atomic E-state index is 0.0619. The molecule has 0 atom stereocenters. The van der Waals surface area contributed by atoms with Crippen LogP contribution in [0.2, 0.25) is 0 Å². The van der Waals surface area contributed by atoms with E-state index in [4.69, 9.17) is 30.6 Å². The fraction of sp³-hybridized carbons (Fsp3) is 0.0909. The van der Waals surface area contributed by atoms with Gasteiger partial charge in [0.25, 0.3) is 0 Å². The third-order valence-corrected chi connectivity index (χ3v) is 6.34. The normalized spacial score (nSPS) is 9.98. The summed E-state index contributed by atoms with van der Waals surface area (Å²) in [7, 11) is 0. The zero-order chi connectivity index (χ0) is 35.3. The van der Waals surface area contributed by atoms with Crippen molar-refractivity contribution in [1.82, 2.24) is 0 Å². The molecule has 0 aliphatic carbocycles. The zero-order valence-corrected chi connectivity index (χ0v) is 24.2. The molecule has 0 saturated carbocycles. The second kappa shape index (κ2) is 17.0. The van der Waals surface area contributed by atoms with Crippen LogP contribution in [0.4, 0.5) is 0 Å². The molecule has 0 spiro atoms. The molecule has 0 heterocycles. The lowest BCUT2D eigenvalue weighted by molar-refractivity contribution is -0.137. The standard InChI is InChI=1S/C16H16O4.C9H6O6.C8H6O4/c17-13-5-1-11(2-6-13)15(9-10-16(19)20)12-3-7-14(18)8-4-12;10-7(11)4-1-2-5(8(12)13)6(3-4)9(14)15;9-7(10)5-1-2-6(4-3-5)8(11)12/h1-8,15,17-18H,9-10H2,(H,19,20);1-3H,(H,10,11)(H,12,13)(H,14,15);1-4H,(H,9,10)(H,11,12). The summed E-state index contributed by atoms with van der Waals surface area (Å²) in [5, 5.41) is 70.3. The van der Waals surface area contributed by atoms with Gasteiger partial charge in [-0.15, -0.1) is 0 Å². The van der Waals surface area contributed by atoms with E-state index in [0.717, 1.165) is 29.3 Å². The number of phenols is 2. The smallest absolute Gasteiger partial charge is 0.336 e. The Labute approximate surface area is 265 Å². The van der Waals surface area contributed by atoms with Gasteiger partial charge in [0.2, 0.25) is 0 Å². The number of benzene rings is 4. The third kappa shape index (κ3) is 11.4. The van der Waals surface area contributed by atoms with E-state index in [-0.39, 0.29) is 40.5 Å². The number of phenolic OH excluding ortho intramolecular Hbond substituents is 2. The van der Waals surface area contributed by atoms with Gasteiger partial charge in [-0.25, -0.2) is 24.0 Å². The van der Waals surface area contributed by atoms with Gasteiger partial charge in [0.1, 0.15) is 11.5 Å². The topological polar surface area (TPSA) is 264 Å². The molecule has 4 rings (SSSR count). The number of hydrogen-bond donors (Lipinski definition) is 8. The molecule has 0 saturated heterocycles. The Hall–Kier alpha value is -6.70. The number of carbonyl (C=O) groups is 6. The average molecular weight is 649 g/mol. The summed E-state index contributed by atoms with van der Waals surface area (Å²) in [6.07, 6.45) is 0.525. The lowest BCUT2D eigenvalue weighted by Crippen LogP contribution is -2.10. The van der Waals surface area contributed by atoms with Gasteiger partial charge >= 0.3 is 35.8 Å². The highest BCUT2D eigenvalue weighted by molar-refractivity contribution is 6.03. The van der Waals surface area contributed by atoms with Crippen LogP contribution in [0.15, 0.2) is 91.0 Å². The Bertz CT molecular complexity index is 1660. The second-order valence-corrected chi connectivity index (χ2v) is 9.53. The third-order valence-electron chi connectivity index (χ3n) is 6.34. The van der Waals surface area contributed by atoms with Gasteiger partial charge in [-0.3, -0.25) is 4.79 Å². The molecule has 0 fully saturated rings. The van der Waals surface area contributed by atoms with Crippen LogP contribution >= 0.6 is 0 Å². The van der Waals surface area contributed by atoms with Crippen LogP contribution in [0.5, 0.6) is 11.5 Å². The fourth-order valence-electron chi connectivity index (χ4n) is 4.00. The summed E-state index contributed by atoms with van der Waals surface area (Å²) >= 11 is 0. The van der Waals surface area contributed by atoms with Gasteiger partial charge in [0, 0.05) is 12.3 Å². The van der Waals surface area contributed by atoms with Crippen molar-refractivity contribution < 1.29 is 69.6 Å². The fourth-order valence-corrected chi connectivity index (χ4v) is 4.00. The minimum Gasteiger partial charge on any atom is -0.508 e. The van der Waals surface area contributed by atoms with Crippen molar-refractivity contribution in [3.63, 3.8) is 0 Å². The average Bonchev–Trinajstić information content (AvgIpc) is 3.03. The summed E-state index contributed by atoms with van der Waals surface area (Å²) in [5.74, 6) is -6.89. The van der Waals surface area contributed by atoms with Crippen molar-refractivity contribution in [2.45, 2.75) is 18.8 Å². The van der Waals surface area contributed by atoms with Crippen LogP contribution < -0.4 is 0 Å². The first-order chi connectivity index (χ1) is 22.1. The van der Waals surface area contributed by atoms with Gasteiger partial charge in [0.15, 0.2) is 0 Å². The molecule has 244 valence electrons. The monoisotopic (exact) mass is 648 g/mol. The molecular weight excluding hydrogens is 620 g/mol. The zero-order valence-electron chi connectivity index (χ0n) is 24.2. The van der Waals surface area contributed by atoms with Gasteiger partial charge in [-0.1, -0.05) is 24.3 Å². The lowest BCUT2D eigenvalue weighted by Gasteiger charge is -2.17. The van der Waals surface area contributed by atoms with E-state index in [1.54, 1.807) is 48.5 Å². The SMILES string of the molecule is O=C(O)CCC(c1ccc(O)cc1)c1ccc(O)cc1.O=C(O)c1ccc(C(=O)O)c(C(=O)O)c1.O=C(O)c1ccc(C(=O)O)cc1. The molecular formula is C33H28O14. The van der Waals surface area contributed by atoms with Crippen molar-refractivity contribution in [1.29, 1.82) is 0 Å². The predicted molar refractivity (Wildman–Crippen MR) is 163 cm³/mol. The summed E-state index contributed by atoms with van der Waals surface area (Å²) in [5.41, 5.74) is 0.803. The summed E-state index contributed by atoms with van der Waals surface area (Å²) in [4.78, 5) is 63.2. The molecule has 47 heavy (non-hydrogen) atoms. The molecule has 0 unspecified atom stereocenters. The second-order valence-electron chi connectivity index (χ2n) is 9.53. The predicted octanol–water partition coefficient (Wildman–Crippen LogP) is 4.96. The quantitative estimate of drug-likeness (QED) is 0.113. The number of rotatable bonds is 10. The molecule has 4 aromatic carbocycles. The Kier molecular flexibility index (Phi) is 13.2. The Balaban J connectivity index is 0.000000254. The molecule has 14 heteroatoms. The number of carboxylic acid groups (broad SMARTS) is 6. The first kappa shape index (κ1) is 36.5. The van der Waals surface area contributed by atoms with Crippen LogP contribution in [-0.4, -0.2) is 76.7 Å². The molecule has 0 radical (unpaired) electrons. The van der Waals surface area contributed by atoms with Crippen molar-refractivity contribution >= 4 is 35.8 Å². The number of aliphatic carboxylic acids is 1. The van der Waals surface area contributed by atoms with E-state index in [0.29, 0.717) is 6.42 Å². The first-order valence-electron chi connectivity index (χ1n) is 13.3. The molecule has 8 N–H and O–H groups in total. The molecule has 4 aromatic rings. The number of carboxylic acids is 6. The maximum atomic E-state index is 10.8. The van der Waals surface area contributed by atoms with Gasteiger partial charge in [0.05, 0.1) is 27.8 Å². The maximum absolute atomic E-state index is 10.8. The van der Waals surface area contributed by atoms with E-state index in [1.807, 2.05) is 0 Å². The molecule has 0 aliphatic heterocycles. The Morgan fingerprint density at radius 2 is 0.809 bits per heavy atom. The van der Waals surface area contributed by atoms with E-state index < -0.39 is 46.9 Å². The van der Waals surface area contributed by atoms with Crippen molar-refractivity contribution in [2.24, 2.45) is 0 Å². The minimum atomic E-state index is -1.48.